The standard InChI is InChI=1S/C20H20N2O/c1-15-10-11-17(13-16(15)2)20(21)18(7-6-12-23)14-22-19-8-4-3-5-9-19/h3-14H,21H2,1-2H3/b7-6+,20-18-,22-14?. The van der Waals surface area contributed by atoms with Crippen LogP contribution >= 0.6 is 0 Å². The van der Waals surface area contributed by atoms with Crippen LogP contribution in [0.1, 0.15) is 16.7 Å². The van der Waals surface area contributed by atoms with E-state index in [1.165, 1.54) is 17.2 Å². The number of hydrogen-bond donors (Lipinski definition) is 1. The minimum Gasteiger partial charge on any atom is -0.398 e. The Labute approximate surface area is 136 Å². The number of aryl methyl sites for hydroxylation is 2. The lowest BCUT2D eigenvalue weighted by Crippen LogP contribution is -2.02. The molecule has 0 radical (unpaired) electrons. The minimum atomic E-state index is 0.589. The molecule has 23 heavy (non-hydrogen) atoms. The van der Waals surface area contributed by atoms with Crippen molar-refractivity contribution in [3.8, 4) is 0 Å². The van der Waals surface area contributed by atoms with Gasteiger partial charge in [0.2, 0.25) is 0 Å². The van der Waals surface area contributed by atoms with Gasteiger partial charge in [0.1, 0.15) is 6.29 Å². The second kappa shape index (κ2) is 7.90. The lowest BCUT2D eigenvalue weighted by molar-refractivity contribution is -0.104. The van der Waals surface area contributed by atoms with Gasteiger partial charge >= 0.3 is 0 Å². The van der Waals surface area contributed by atoms with Gasteiger partial charge in [-0.25, -0.2) is 0 Å². The molecule has 0 atom stereocenters. The van der Waals surface area contributed by atoms with E-state index >= 15 is 0 Å². The van der Waals surface area contributed by atoms with E-state index in [2.05, 4.69) is 11.9 Å². The number of nitrogens with two attached hydrogens (primary N) is 1. The van der Waals surface area contributed by atoms with Crippen molar-refractivity contribution in [3.63, 3.8) is 0 Å². The Hall–Kier alpha value is -2.94. The number of aliphatic imine (C=N–C) groups is 1. The zero-order valence-corrected chi connectivity index (χ0v) is 13.4. The Morgan fingerprint density at radius 3 is 2.43 bits per heavy atom. The summed E-state index contributed by atoms with van der Waals surface area (Å²) in [5.41, 5.74) is 11.7. The molecule has 0 fully saturated rings. The van der Waals surface area contributed by atoms with Gasteiger partial charge in [-0.2, -0.15) is 0 Å². The predicted octanol–water partition coefficient (Wildman–Crippen LogP) is 4.13. The SMILES string of the molecule is Cc1ccc(/C(N)=C(C=Nc2ccccc2)\C=C\C=O)cc1C. The highest BCUT2D eigenvalue weighted by atomic mass is 16.1. The molecule has 3 nitrogen and oxygen atoms in total. The first-order chi connectivity index (χ1) is 11.1. The topological polar surface area (TPSA) is 55.4 Å². The zero-order valence-electron chi connectivity index (χ0n) is 13.4. The number of benzene rings is 2. The van der Waals surface area contributed by atoms with Crippen molar-refractivity contribution < 1.29 is 4.79 Å². The summed E-state index contributed by atoms with van der Waals surface area (Å²) >= 11 is 0. The van der Waals surface area contributed by atoms with Crippen LogP contribution in [0.15, 0.2) is 71.2 Å². The highest BCUT2D eigenvalue weighted by molar-refractivity contribution is 5.95. The van der Waals surface area contributed by atoms with Gasteiger partial charge in [0, 0.05) is 17.5 Å². The maximum absolute atomic E-state index is 10.6. The molecule has 0 aromatic heterocycles. The Morgan fingerprint density at radius 1 is 1.04 bits per heavy atom. The maximum atomic E-state index is 10.6. The first-order valence-electron chi connectivity index (χ1n) is 7.40. The molecule has 0 saturated carbocycles. The van der Waals surface area contributed by atoms with Crippen LogP contribution in [-0.4, -0.2) is 12.5 Å². The fourth-order valence-electron chi connectivity index (χ4n) is 2.08. The molecule has 0 aliphatic heterocycles. The molecule has 0 unspecified atom stereocenters. The second-order valence-corrected chi connectivity index (χ2v) is 5.26. The van der Waals surface area contributed by atoms with Crippen molar-refractivity contribution in [2.24, 2.45) is 10.7 Å². The van der Waals surface area contributed by atoms with Crippen molar-refractivity contribution >= 4 is 23.9 Å². The first-order valence-corrected chi connectivity index (χ1v) is 7.40. The third kappa shape index (κ3) is 4.51. The van der Waals surface area contributed by atoms with E-state index in [1.54, 1.807) is 12.3 Å². The van der Waals surface area contributed by atoms with E-state index in [1.807, 2.05) is 55.5 Å². The average Bonchev–Trinajstić information content (AvgIpc) is 2.58. The quantitative estimate of drug-likeness (QED) is 0.391. The van der Waals surface area contributed by atoms with Crippen LogP contribution in [-0.2, 0) is 4.79 Å². The number of carbonyl (C=O) groups excluding carboxylic acids is 1. The molecule has 2 rings (SSSR count). The summed E-state index contributed by atoms with van der Waals surface area (Å²) in [7, 11) is 0. The van der Waals surface area contributed by atoms with Crippen molar-refractivity contribution in [1.29, 1.82) is 0 Å². The monoisotopic (exact) mass is 304 g/mol. The largest absolute Gasteiger partial charge is 0.398 e. The van der Waals surface area contributed by atoms with Gasteiger partial charge in [0.25, 0.3) is 0 Å². The van der Waals surface area contributed by atoms with E-state index in [4.69, 9.17) is 5.73 Å². The molecular formula is C20H20N2O. The van der Waals surface area contributed by atoms with Gasteiger partial charge < -0.3 is 5.73 Å². The lowest BCUT2D eigenvalue weighted by atomic mass is 10.0. The Bertz CT molecular complexity index is 771. The Balaban J connectivity index is 2.43. The van der Waals surface area contributed by atoms with Crippen LogP contribution in [0.5, 0.6) is 0 Å². The number of nitrogens with zero attached hydrogens (tertiary/aromatic N) is 1. The molecule has 2 aromatic carbocycles. The van der Waals surface area contributed by atoms with E-state index in [9.17, 15) is 4.79 Å². The molecule has 0 heterocycles. The number of rotatable bonds is 5. The summed E-state index contributed by atoms with van der Waals surface area (Å²) in [6, 6.07) is 15.6. The molecule has 116 valence electrons. The van der Waals surface area contributed by atoms with Gasteiger partial charge in [-0.05, 0) is 60.9 Å². The smallest absolute Gasteiger partial charge is 0.142 e. The third-order valence-electron chi connectivity index (χ3n) is 3.59. The Kier molecular flexibility index (Phi) is 5.64. The molecule has 0 amide bonds. The van der Waals surface area contributed by atoms with Crippen molar-refractivity contribution in [2.75, 3.05) is 0 Å². The zero-order chi connectivity index (χ0) is 16.7. The summed E-state index contributed by atoms with van der Waals surface area (Å²) in [4.78, 5) is 15.1. The number of allylic oxidation sites excluding steroid dienone is 3. The number of hydrogen-bond acceptors (Lipinski definition) is 3. The number of aldehydes is 1. The van der Waals surface area contributed by atoms with Crippen LogP contribution < -0.4 is 5.73 Å². The van der Waals surface area contributed by atoms with Crippen LogP contribution in [0, 0.1) is 13.8 Å². The third-order valence-corrected chi connectivity index (χ3v) is 3.59. The molecule has 0 aliphatic rings. The van der Waals surface area contributed by atoms with Crippen LogP contribution in [0.3, 0.4) is 0 Å². The Morgan fingerprint density at radius 2 is 1.78 bits per heavy atom. The van der Waals surface area contributed by atoms with E-state index in [0.29, 0.717) is 11.3 Å². The number of carbonyl (C=O) groups is 1. The van der Waals surface area contributed by atoms with Gasteiger partial charge in [-0.3, -0.25) is 9.79 Å². The average molecular weight is 304 g/mol. The summed E-state index contributed by atoms with van der Waals surface area (Å²) in [5, 5.41) is 0. The summed E-state index contributed by atoms with van der Waals surface area (Å²) < 4.78 is 0. The summed E-state index contributed by atoms with van der Waals surface area (Å²) in [5.74, 6) is 0. The van der Waals surface area contributed by atoms with Gasteiger partial charge in [-0.15, -0.1) is 0 Å². The summed E-state index contributed by atoms with van der Waals surface area (Å²) in [6.45, 7) is 4.11. The van der Waals surface area contributed by atoms with Gasteiger partial charge in [0.05, 0.1) is 5.69 Å². The molecule has 0 saturated heterocycles. The highest BCUT2D eigenvalue weighted by Gasteiger charge is 2.04. The van der Waals surface area contributed by atoms with Gasteiger partial charge in [-0.1, -0.05) is 30.3 Å². The van der Waals surface area contributed by atoms with Crippen molar-refractivity contribution in [2.45, 2.75) is 13.8 Å². The van der Waals surface area contributed by atoms with Crippen LogP contribution in [0.4, 0.5) is 5.69 Å². The van der Waals surface area contributed by atoms with Crippen LogP contribution in [0.2, 0.25) is 0 Å². The minimum absolute atomic E-state index is 0.589. The van der Waals surface area contributed by atoms with E-state index < -0.39 is 0 Å². The normalized spacial score (nSPS) is 12.6. The fourth-order valence-corrected chi connectivity index (χ4v) is 2.08. The molecule has 0 bridgehead atoms. The van der Waals surface area contributed by atoms with Crippen molar-refractivity contribution in [3.05, 3.63) is 82.9 Å². The molecule has 0 spiro atoms. The lowest BCUT2D eigenvalue weighted by Gasteiger charge is -2.08. The number of para-hydroxylation sites is 1. The van der Waals surface area contributed by atoms with E-state index in [0.717, 1.165) is 17.5 Å². The van der Waals surface area contributed by atoms with Crippen LogP contribution in [0.25, 0.3) is 5.70 Å². The molecule has 0 aliphatic carbocycles. The fraction of sp³-hybridized carbons (Fsp3) is 0.100. The van der Waals surface area contributed by atoms with Gasteiger partial charge in [0.15, 0.2) is 0 Å². The molecule has 3 heteroatoms. The van der Waals surface area contributed by atoms with Crippen molar-refractivity contribution in [1.82, 2.24) is 0 Å². The molecule has 2 N–H and O–H groups in total. The maximum Gasteiger partial charge on any atom is 0.142 e. The first kappa shape index (κ1) is 16.4. The summed E-state index contributed by atoms with van der Waals surface area (Å²) in [6.07, 6.45) is 5.49. The molecular weight excluding hydrogens is 284 g/mol. The van der Waals surface area contributed by atoms with E-state index in [-0.39, 0.29) is 0 Å². The molecule has 2 aromatic rings. The predicted molar refractivity (Wildman–Crippen MR) is 96.8 cm³/mol. The highest BCUT2D eigenvalue weighted by Crippen LogP contribution is 2.18. The second-order valence-electron chi connectivity index (χ2n) is 5.26.